The largest absolute Gasteiger partial charge is 0.507 e. The van der Waals surface area contributed by atoms with E-state index in [9.17, 15) is 20.1 Å². The van der Waals surface area contributed by atoms with Gasteiger partial charge in [0.2, 0.25) is 5.79 Å². The smallest absolute Gasteiger partial charge is 0.202 e. The van der Waals surface area contributed by atoms with E-state index < -0.39 is 5.79 Å². The maximum Gasteiger partial charge on any atom is 0.202 e. The number of rotatable bonds is 3. The number of carbonyl (C=O) groups is 1. The number of aromatic hydroxyl groups is 1. The van der Waals surface area contributed by atoms with Crippen molar-refractivity contribution in [2.24, 2.45) is 5.92 Å². The SMILES string of the molecule is O=C(/C=C/C1C=CC(O)(O)C=C1)c1ccccc1O. The lowest BCUT2D eigenvalue weighted by Gasteiger charge is -2.17. The maximum absolute atomic E-state index is 11.8. The summed E-state index contributed by atoms with van der Waals surface area (Å²) in [4.78, 5) is 11.8. The van der Waals surface area contributed by atoms with E-state index in [4.69, 9.17) is 0 Å². The molecule has 2 rings (SSSR count). The molecule has 0 spiro atoms. The first-order valence-corrected chi connectivity index (χ1v) is 5.82. The minimum atomic E-state index is -1.91. The third-order valence-electron chi connectivity index (χ3n) is 2.77. The van der Waals surface area contributed by atoms with Gasteiger partial charge in [0.25, 0.3) is 0 Å². The Bertz CT molecular complexity index is 551. The number of ketones is 1. The molecular weight excluding hydrogens is 244 g/mol. The van der Waals surface area contributed by atoms with Gasteiger partial charge in [-0.05, 0) is 30.4 Å². The minimum Gasteiger partial charge on any atom is -0.507 e. The van der Waals surface area contributed by atoms with Gasteiger partial charge in [-0.25, -0.2) is 0 Å². The predicted octanol–water partition coefficient (Wildman–Crippen LogP) is 1.55. The summed E-state index contributed by atoms with van der Waals surface area (Å²) in [7, 11) is 0. The fourth-order valence-electron chi connectivity index (χ4n) is 1.72. The van der Waals surface area contributed by atoms with E-state index >= 15 is 0 Å². The van der Waals surface area contributed by atoms with E-state index in [2.05, 4.69) is 0 Å². The molecule has 0 aromatic heterocycles. The molecule has 0 amide bonds. The van der Waals surface area contributed by atoms with Crippen molar-refractivity contribution in [2.75, 3.05) is 0 Å². The summed E-state index contributed by atoms with van der Waals surface area (Å²) in [6.07, 6.45) is 8.62. The Kier molecular flexibility index (Phi) is 3.64. The number of benzene rings is 1. The Balaban J connectivity index is 2.07. The Morgan fingerprint density at radius 2 is 1.79 bits per heavy atom. The van der Waals surface area contributed by atoms with Crippen LogP contribution in [-0.2, 0) is 0 Å². The number of aliphatic hydroxyl groups is 2. The van der Waals surface area contributed by atoms with Crippen molar-refractivity contribution < 1.29 is 20.1 Å². The molecule has 0 saturated heterocycles. The fourth-order valence-corrected chi connectivity index (χ4v) is 1.72. The Morgan fingerprint density at radius 1 is 1.16 bits per heavy atom. The molecule has 4 heteroatoms. The molecule has 1 aliphatic rings. The first-order chi connectivity index (χ1) is 8.98. The van der Waals surface area contributed by atoms with Crippen molar-refractivity contribution in [3.8, 4) is 5.75 Å². The molecule has 1 aromatic rings. The molecule has 0 bridgehead atoms. The van der Waals surface area contributed by atoms with E-state index in [1.54, 1.807) is 36.4 Å². The van der Waals surface area contributed by atoms with E-state index in [1.165, 1.54) is 24.3 Å². The molecular formula is C15H14O4. The Morgan fingerprint density at radius 3 is 2.42 bits per heavy atom. The monoisotopic (exact) mass is 258 g/mol. The summed E-state index contributed by atoms with van der Waals surface area (Å²) in [6, 6.07) is 6.31. The standard InChI is InChI=1S/C15H14O4/c16-13-4-2-1-3-12(13)14(17)6-5-11-7-9-15(18,19)10-8-11/h1-11,16,18-19H/b6-5+. The molecule has 1 aliphatic carbocycles. The van der Waals surface area contributed by atoms with Gasteiger partial charge in [0.1, 0.15) is 5.75 Å². The lowest BCUT2D eigenvalue weighted by atomic mass is 9.98. The molecule has 0 radical (unpaired) electrons. The van der Waals surface area contributed by atoms with Gasteiger partial charge in [0, 0.05) is 5.92 Å². The summed E-state index contributed by atoms with van der Waals surface area (Å²) < 4.78 is 0. The molecule has 98 valence electrons. The van der Waals surface area contributed by atoms with Crippen LogP contribution in [0.25, 0.3) is 0 Å². The maximum atomic E-state index is 11.8. The van der Waals surface area contributed by atoms with Crippen LogP contribution in [0.5, 0.6) is 5.75 Å². The van der Waals surface area contributed by atoms with Crippen molar-refractivity contribution in [1.82, 2.24) is 0 Å². The van der Waals surface area contributed by atoms with Gasteiger partial charge in [-0.2, -0.15) is 0 Å². The van der Waals surface area contributed by atoms with Crippen LogP contribution in [0.2, 0.25) is 0 Å². The Hall–Kier alpha value is -2.17. The van der Waals surface area contributed by atoms with Crippen molar-refractivity contribution in [3.63, 3.8) is 0 Å². The molecule has 0 unspecified atom stereocenters. The van der Waals surface area contributed by atoms with Gasteiger partial charge < -0.3 is 15.3 Å². The highest BCUT2D eigenvalue weighted by Crippen LogP contribution is 2.19. The third-order valence-corrected chi connectivity index (χ3v) is 2.77. The molecule has 0 saturated carbocycles. The highest BCUT2D eigenvalue weighted by Gasteiger charge is 2.18. The second kappa shape index (κ2) is 5.22. The summed E-state index contributed by atoms with van der Waals surface area (Å²) >= 11 is 0. The first kappa shape index (κ1) is 13.3. The van der Waals surface area contributed by atoms with Crippen molar-refractivity contribution >= 4 is 5.78 Å². The lowest BCUT2D eigenvalue weighted by Crippen LogP contribution is -2.24. The fraction of sp³-hybridized carbons (Fsp3) is 0.133. The summed E-state index contributed by atoms with van der Waals surface area (Å²) in [5.41, 5.74) is 0.237. The van der Waals surface area contributed by atoms with Crippen LogP contribution in [0.1, 0.15) is 10.4 Å². The Labute approximate surface area is 110 Å². The third kappa shape index (κ3) is 3.40. The van der Waals surface area contributed by atoms with Crippen LogP contribution in [0, 0.1) is 5.92 Å². The van der Waals surface area contributed by atoms with Crippen LogP contribution in [0.3, 0.4) is 0 Å². The summed E-state index contributed by atoms with van der Waals surface area (Å²) in [5.74, 6) is -2.45. The van der Waals surface area contributed by atoms with E-state index in [0.717, 1.165) is 0 Å². The quantitative estimate of drug-likeness (QED) is 0.333. The zero-order valence-electron chi connectivity index (χ0n) is 10.1. The van der Waals surface area contributed by atoms with E-state index in [-0.39, 0.29) is 23.0 Å². The van der Waals surface area contributed by atoms with E-state index in [1.807, 2.05) is 0 Å². The minimum absolute atomic E-state index is 0.0587. The second-order valence-corrected chi connectivity index (χ2v) is 4.32. The van der Waals surface area contributed by atoms with Crippen molar-refractivity contribution in [3.05, 3.63) is 66.3 Å². The molecule has 0 heterocycles. The number of allylic oxidation sites excluding steroid dienone is 4. The number of phenolic OH excluding ortho intramolecular Hbond substituents is 1. The average molecular weight is 258 g/mol. The number of hydrogen-bond acceptors (Lipinski definition) is 4. The zero-order valence-corrected chi connectivity index (χ0v) is 10.1. The highest BCUT2D eigenvalue weighted by molar-refractivity contribution is 6.06. The molecule has 3 N–H and O–H groups in total. The second-order valence-electron chi connectivity index (χ2n) is 4.32. The van der Waals surface area contributed by atoms with Crippen molar-refractivity contribution in [2.45, 2.75) is 5.79 Å². The highest BCUT2D eigenvalue weighted by atomic mass is 16.5. The van der Waals surface area contributed by atoms with Crippen LogP contribution in [0.15, 0.2) is 60.7 Å². The van der Waals surface area contributed by atoms with Gasteiger partial charge in [-0.1, -0.05) is 30.4 Å². The number of para-hydroxylation sites is 1. The number of carbonyl (C=O) groups excluding carboxylic acids is 1. The molecule has 4 nitrogen and oxygen atoms in total. The van der Waals surface area contributed by atoms with Gasteiger partial charge in [0.05, 0.1) is 5.56 Å². The molecule has 0 atom stereocenters. The number of hydrogen-bond donors (Lipinski definition) is 3. The summed E-state index contributed by atoms with van der Waals surface area (Å²) in [5, 5.41) is 28.0. The van der Waals surface area contributed by atoms with Crippen LogP contribution >= 0.6 is 0 Å². The van der Waals surface area contributed by atoms with Crippen molar-refractivity contribution in [1.29, 1.82) is 0 Å². The van der Waals surface area contributed by atoms with Gasteiger partial charge >= 0.3 is 0 Å². The van der Waals surface area contributed by atoms with Crippen LogP contribution in [0.4, 0.5) is 0 Å². The van der Waals surface area contributed by atoms with E-state index in [0.29, 0.717) is 0 Å². The topological polar surface area (TPSA) is 77.8 Å². The summed E-state index contributed by atoms with van der Waals surface area (Å²) in [6.45, 7) is 0. The zero-order chi connectivity index (χ0) is 13.9. The first-order valence-electron chi connectivity index (χ1n) is 5.82. The predicted molar refractivity (Wildman–Crippen MR) is 70.5 cm³/mol. The lowest BCUT2D eigenvalue weighted by molar-refractivity contribution is -0.0756. The van der Waals surface area contributed by atoms with Crippen LogP contribution in [-0.4, -0.2) is 26.9 Å². The molecule has 1 aromatic carbocycles. The molecule has 0 aliphatic heterocycles. The number of phenols is 1. The molecule has 19 heavy (non-hydrogen) atoms. The van der Waals surface area contributed by atoms with Crippen LogP contribution < -0.4 is 0 Å². The normalized spacial score (nSPS) is 18.0. The molecule has 0 fully saturated rings. The average Bonchev–Trinajstić information content (AvgIpc) is 2.38. The van der Waals surface area contributed by atoms with Gasteiger partial charge in [-0.15, -0.1) is 0 Å². The van der Waals surface area contributed by atoms with Gasteiger partial charge in [0.15, 0.2) is 5.78 Å². The van der Waals surface area contributed by atoms with Gasteiger partial charge in [-0.3, -0.25) is 4.79 Å².